The molecule has 0 bridgehead atoms. The van der Waals surface area contributed by atoms with E-state index >= 15 is 0 Å². The SMILES string of the molecule is CCc1ccc(N2C(=O)/C(=C/c3ccc(OCc4ccc(Cl)cc4Cl)c(I)c3)N(CC(=O)OC)C2=S)cc1. The maximum Gasteiger partial charge on any atom is 0.325 e. The molecule has 3 aromatic rings. The van der Waals surface area contributed by atoms with Crippen molar-refractivity contribution in [3.8, 4) is 5.75 Å². The van der Waals surface area contributed by atoms with E-state index in [1.165, 1.54) is 16.9 Å². The minimum absolute atomic E-state index is 0.184. The molecule has 1 fully saturated rings. The Balaban J connectivity index is 1.61. The highest BCUT2D eigenvalue weighted by molar-refractivity contribution is 14.1. The number of anilines is 1. The fourth-order valence-corrected chi connectivity index (χ4v) is 5.32. The predicted octanol–water partition coefficient (Wildman–Crippen LogP) is 6.89. The Hall–Kier alpha value is -2.66. The van der Waals surface area contributed by atoms with Crippen LogP contribution in [0.1, 0.15) is 23.6 Å². The second-order valence-corrected chi connectivity index (χ2v) is 10.7. The summed E-state index contributed by atoms with van der Waals surface area (Å²) in [6.07, 6.45) is 2.59. The summed E-state index contributed by atoms with van der Waals surface area (Å²) in [7, 11) is 1.30. The highest BCUT2D eigenvalue weighted by Crippen LogP contribution is 2.31. The van der Waals surface area contributed by atoms with E-state index in [-0.39, 0.29) is 29.9 Å². The van der Waals surface area contributed by atoms with Crippen LogP contribution in [-0.4, -0.2) is 35.5 Å². The van der Waals surface area contributed by atoms with Crippen LogP contribution in [0.25, 0.3) is 6.08 Å². The first kappa shape index (κ1) is 28.4. The van der Waals surface area contributed by atoms with Crippen LogP contribution in [-0.2, 0) is 27.4 Å². The maximum atomic E-state index is 13.6. The summed E-state index contributed by atoms with van der Waals surface area (Å²) in [6.45, 7) is 2.15. The van der Waals surface area contributed by atoms with E-state index in [2.05, 4.69) is 29.5 Å². The Labute approximate surface area is 250 Å². The number of ether oxygens (including phenoxy) is 2. The zero-order chi connectivity index (χ0) is 27.4. The number of halogens is 3. The Bertz CT molecular complexity index is 1430. The third-order valence-corrected chi connectivity index (χ3v) is 7.74. The molecule has 196 valence electrons. The molecule has 0 spiro atoms. The van der Waals surface area contributed by atoms with E-state index < -0.39 is 5.97 Å². The first-order valence-electron chi connectivity index (χ1n) is 11.6. The summed E-state index contributed by atoms with van der Waals surface area (Å²) >= 11 is 20.0. The average molecular weight is 681 g/mol. The summed E-state index contributed by atoms with van der Waals surface area (Å²) in [5, 5.41) is 1.30. The number of carbonyl (C=O) groups is 2. The molecule has 1 saturated heterocycles. The molecule has 0 saturated carbocycles. The van der Waals surface area contributed by atoms with Gasteiger partial charge >= 0.3 is 5.97 Å². The van der Waals surface area contributed by atoms with Gasteiger partial charge in [-0.3, -0.25) is 14.5 Å². The molecule has 3 aromatic carbocycles. The molecule has 0 radical (unpaired) electrons. The van der Waals surface area contributed by atoms with Crippen LogP contribution >= 0.6 is 58.0 Å². The normalized spacial score (nSPS) is 14.4. The van der Waals surface area contributed by atoms with Gasteiger partial charge in [-0.25, -0.2) is 0 Å². The minimum Gasteiger partial charge on any atom is -0.488 e. The van der Waals surface area contributed by atoms with Gasteiger partial charge in [-0.05, 0) is 94.8 Å². The Morgan fingerprint density at radius 2 is 1.82 bits per heavy atom. The third kappa shape index (κ3) is 6.31. The number of methoxy groups -OCH3 is 1. The Morgan fingerprint density at radius 3 is 2.45 bits per heavy atom. The molecule has 0 aromatic heterocycles. The van der Waals surface area contributed by atoms with E-state index in [9.17, 15) is 9.59 Å². The molecule has 0 N–H and O–H groups in total. The Kier molecular flexibility index (Phi) is 9.30. The lowest BCUT2D eigenvalue weighted by Gasteiger charge is -2.19. The molecular formula is C28H23Cl2IN2O4S. The van der Waals surface area contributed by atoms with Crippen LogP contribution in [0.3, 0.4) is 0 Å². The summed E-state index contributed by atoms with van der Waals surface area (Å²) in [5.74, 6) is -0.166. The number of hydrogen-bond donors (Lipinski definition) is 0. The number of benzene rings is 3. The summed E-state index contributed by atoms with van der Waals surface area (Å²) in [5.41, 5.74) is 3.61. The number of hydrogen-bond acceptors (Lipinski definition) is 5. The molecule has 1 heterocycles. The second-order valence-electron chi connectivity index (χ2n) is 8.35. The second kappa shape index (κ2) is 12.5. The number of rotatable bonds is 8. The van der Waals surface area contributed by atoms with Gasteiger partial charge in [-0.15, -0.1) is 0 Å². The van der Waals surface area contributed by atoms with Crippen molar-refractivity contribution in [1.29, 1.82) is 0 Å². The smallest absolute Gasteiger partial charge is 0.325 e. The number of esters is 1. The zero-order valence-corrected chi connectivity index (χ0v) is 25.0. The molecule has 6 nitrogen and oxygen atoms in total. The van der Waals surface area contributed by atoms with Crippen LogP contribution in [0.5, 0.6) is 5.75 Å². The van der Waals surface area contributed by atoms with Crippen molar-refractivity contribution in [2.24, 2.45) is 0 Å². The van der Waals surface area contributed by atoms with E-state index in [0.29, 0.717) is 21.5 Å². The fourth-order valence-electron chi connectivity index (χ4n) is 3.81. The molecule has 1 aliphatic heterocycles. The molecule has 10 heteroatoms. The molecular weight excluding hydrogens is 658 g/mol. The van der Waals surface area contributed by atoms with Crippen LogP contribution in [0.15, 0.2) is 66.4 Å². The lowest BCUT2D eigenvalue weighted by Crippen LogP contribution is -2.35. The summed E-state index contributed by atoms with van der Waals surface area (Å²) in [6, 6.07) is 18.4. The van der Waals surface area contributed by atoms with Crippen LogP contribution in [0.2, 0.25) is 10.0 Å². The quantitative estimate of drug-likeness (QED) is 0.112. The van der Waals surface area contributed by atoms with Crippen LogP contribution in [0, 0.1) is 3.57 Å². The predicted molar refractivity (Wildman–Crippen MR) is 163 cm³/mol. The number of nitrogens with zero attached hydrogens (tertiary/aromatic N) is 2. The van der Waals surface area contributed by atoms with Gasteiger partial charge in [-0.2, -0.15) is 0 Å². The van der Waals surface area contributed by atoms with E-state index in [0.717, 1.165) is 26.7 Å². The summed E-state index contributed by atoms with van der Waals surface area (Å²) < 4.78 is 11.6. The van der Waals surface area contributed by atoms with Crippen molar-refractivity contribution in [2.45, 2.75) is 20.0 Å². The molecule has 1 amide bonds. The highest BCUT2D eigenvalue weighted by Gasteiger charge is 2.40. The van der Waals surface area contributed by atoms with E-state index in [1.807, 2.05) is 48.5 Å². The van der Waals surface area contributed by atoms with Crippen molar-refractivity contribution in [3.05, 3.63) is 96.7 Å². The average Bonchev–Trinajstić information content (AvgIpc) is 3.12. The number of carbonyl (C=O) groups excluding carboxylic acids is 2. The molecule has 38 heavy (non-hydrogen) atoms. The van der Waals surface area contributed by atoms with Crippen molar-refractivity contribution >= 4 is 86.8 Å². The van der Waals surface area contributed by atoms with Gasteiger partial charge in [0.1, 0.15) is 24.6 Å². The van der Waals surface area contributed by atoms with Gasteiger partial charge < -0.3 is 14.4 Å². The lowest BCUT2D eigenvalue weighted by molar-refractivity contribution is -0.140. The highest BCUT2D eigenvalue weighted by atomic mass is 127. The first-order chi connectivity index (χ1) is 18.2. The van der Waals surface area contributed by atoms with Crippen LogP contribution < -0.4 is 9.64 Å². The van der Waals surface area contributed by atoms with Crippen molar-refractivity contribution in [2.75, 3.05) is 18.6 Å². The molecule has 0 unspecified atom stereocenters. The van der Waals surface area contributed by atoms with Gasteiger partial charge in [0.25, 0.3) is 5.91 Å². The van der Waals surface area contributed by atoms with Crippen LogP contribution in [0.4, 0.5) is 5.69 Å². The monoisotopic (exact) mass is 680 g/mol. The van der Waals surface area contributed by atoms with Gasteiger partial charge in [0.15, 0.2) is 5.11 Å². The molecule has 0 atom stereocenters. The number of thiocarbonyl (C=S) groups is 1. The maximum absolute atomic E-state index is 13.6. The molecule has 1 aliphatic rings. The summed E-state index contributed by atoms with van der Waals surface area (Å²) in [4.78, 5) is 28.6. The van der Waals surface area contributed by atoms with E-state index in [4.69, 9.17) is 44.9 Å². The molecule has 0 aliphatic carbocycles. The molecule has 4 rings (SSSR count). The van der Waals surface area contributed by atoms with Gasteiger partial charge in [-0.1, -0.05) is 54.4 Å². The van der Waals surface area contributed by atoms with Crippen molar-refractivity contribution < 1.29 is 19.1 Å². The fraction of sp³-hybridized carbons (Fsp3) is 0.179. The lowest BCUT2D eigenvalue weighted by atomic mass is 10.1. The third-order valence-electron chi connectivity index (χ3n) is 5.91. The standard InChI is InChI=1S/C28H23Cl2IN2O4S/c1-3-17-4-9-21(10-5-17)33-27(35)24(32(28(33)38)15-26(34)36-2)13-18-6-11-25(23(31)12-18)37-16-19-7-8-20(29)14-22(19)30/h4-14H,3,15-16H2,1-2H3/b24-13-. The van der Waals surface area contributed by atoms with Gasteiger partial charge in [0.2, 0.25) is 0 Å². The largest absolute Gasteiger partial charge is 0.488 e. The zero-order valence-electron chi connectivity index (χ0n) is 20.5. The van der Waals surface area contributed by atoms with Gasteiger partial charge in [0, 0.05) is 15.6 Å². The van der Waals surface area contributed by atoms with E-state index in [1.54, 1.807) is 18.2 Å². The number of aryl methyl sites for hydroxylation is 1. The topological polar surface area (TPSA) is 59.1 Å². The van der Waals surface area contributed by atoms with Crippen molar-refractivity contribution in [3.63, 3.8) is 0 Å². The minimum atomic E-state index is -0.506. The van der Waals surface area contributed by atoms with Gasteiger partial charge in [0.05, 0.1) is 16.4 Å². The van der Waals surface area contributed by atoms with Crippen molar-refractivity contribution in [1.82, 2.24) is 4.90 Å². The number of amides is 1. The Morgan fingerprint density at radius 1 is 1.08 bits per heavy atom. The first-order valence-corrected chi connectivity index (χ1v) is 13.9.